The van der Waals surface area contributed by atoms with Gasteiger partial charge in [0, 0.05) is 31.0 Å². The summed E-state index contributed by atoms with van der Waals surface area (Å²) in [5, 5.41) is 11.1. The van der Waals surface area contributed by atoms with E-state index in [1.54, 1.807) is 24.5 Å². The number of pyridine rings is 1. The Labute approximate surface area is 185 Å². The summed E-state index contributed by atoms with van der Waals surface area (Å²) in [5.74, 6) is 6.33. The molecule has 1 fully saturated rings. The van der Waals surface area contributed by atoms with Crippen LogP contribution in [0.25, 0.3) is 21.1 Å². The number of nitrogens with one attached hydrogen (secondary N) is 2. The summed E-state index contributed by atoms with van der Waals surface area (Å²) in [6, 6.07) is 5.88. The zero-order chi connectivity index (χ0) is 21.5. The van der Waals surface area contributed by atoms with Crippen molar-refractivity contribution in [3.63, 3.8) is 0 Å². The van der Waals surface area contributed by atoms with E-state index in [-0.39, 0.29) is 6.61 Å². The van der Waals surface area contributed by atoms with Crippen molar-refractivity contribution in [3.8, 4) is 33.0 Å². The second kappa shape index (κ2) is 10.1. The maximum atomic E-state index is 11.7. The van der Waals surface area contributed by atoms with E-state index in [1.165, 1.54) is 19.3 Å². The van der Waals surface area contributed by atoms with Crippen molar-refractivity contribution >= 4 is 23.2 Å². The molecule has 0 unspecified atom stereocenters. The Bertz CT molecular complexity index is 1080. The van der Waals surface area contributed by atoms with Crippen molar-refractivity contribution in [2.75, 3.05) is 24.6 Å². The smallest absolute Gasteiger partial charge is 0.408 e. The summed E-state index contributed by atoms with van der Waals surface area (Å²) in [6.45, 7) is 4.06. The average molecular weight is 437 g/mol. The van der Waals surface area contributed by atoms with Gasteiger partial charge in [-0.2, -0.15) is 5.10 Å². The first kappa shape index (κ1) is 20.9. The number of carbonyl (C=O) groups excluding carboxylic acids is 1. The van der Waals surface area contributed by atoms with Crippen LogP contribution in [0.1, 0.15) is 31.9 Å². The maximum absolute atomic E-state index is 11.7. The molecular weight excluding hydrogens is 412 g/mol. The van der Waals surface area contributed by atoms with Crippen LogP contribution in [-0.4, -0.2) is 46.0 Å². The summed E-state index contributed by atoms with van der Waals surface area (Å²) >= 11 is 1.61. The van der Waals surface area contributed by atoms with Crippen molar-refractivity contribution < 1.29 is 9.53 Å². The number of rotatable bonds is 6. The lowest BCUT2D eigenvalue weighted by Crippen LogP contribution is -2.30. The molecule has 8 nitrogen and oxygen atoms in total. The molecule has 31 heavy (non-hydrogen) atoms. The van der Waals surface area contributed by atoms with Gasteiger partial charge in [-0.25, -0.2) is 9.78 Å². The van der Waals surface area contributed by atoms with Gasteiger partial charge >= 0.3 is 6.09 Å². The predicted molar refractivity (Wildman–Crippen MR) is 121 cm³/mol. The number of thiazole rings is 1. The molecule has 1 aliphatic rings. The van der Waals surface area contributed by atoms with Crippen LogP contribution < -0.4 is 10.2 Å². The number of H-pyrrole nitrogens is 1. The summed E-state index contributed by atoms with van der Waals surface area (Å²) in [7, 11) is 0. The van der Waals surface area contributed by atoms with Gasteiger partial charge < -0.3 is 15.0 Å². The molecule has 3 aromatic rings. The van der Waals surface area contributed by atoms with Crippen molar-refractivity contribution in [3.05, 3.63) is 36.3 Å². The number of carbonyl (C=O) groups is 1. The third-order valence-corrected chi connectivity index (χ3v) is 6.03. The topological polar surface area (TPSA) is 96.0 Å². The third-order valence-electron chi connectivity index (χ3n) is 4.91. The van der Waals surface area contributed by atoms with Crippen molar-refractivity contribution in [2.24, 2.45) is 0 Å². The fourth-order valence-electron chi connectivity index (χ4n) is 3.37. The van der Waals surface area contributed by atoms with Crippen LogP contribution >= 0.6 is 11.3 Å². The highest BCUT2D eigenvalue weighted by Gasteiger charge is 2.23. The summed E-state index contributed by atoms with van der Waals surface area (Å²) in [5.41, 5.74) is 2.59. The fraction of sp³-hybridized carbons (Fsp3) is 0.364. The van der Waals surface area contributed by atoms with Gasteiger partial charge in [0.25, 0.3) is 0 Å². The van der Waals surface area contributed by atoms with E-state index in [9.17, 15) is 4.79 Å². The van der Waals surface area contributed by atoms with Gasteiger partial charge in [-0.1, -0.05) is 5.92 Å². The molecule has 0 saturated carbocycles. The van der Waals surface area contributed by atoms with E-state index in [0.29, 0.717) is 6.54 Å². The average Bonchev–Trinajstić information content (AvgIpc) is 3.46. The van der Waals surface area contributed by atoms with Crippen molar-refractivity contribution in [1.29, 1.82) is 0 Å². The first-order valence-electron chi connectivity index (χ1n) is 10.3. The number of alkyl carbamates (subject to hydrolysis) is 1. The molecule has 2 N–H and O–H groups in total. The van der Waals surface area contributed by atoms with Crippen LogP contribution in [0.3, 0.4) is 0 Å². The molecule has 1 saturated heterocycles. The minimum atomic E-state index is -0.510. The molecule has 0 radical (unpaired) electrons. The number of hydrogen-bond acceptors (Lipinski definition) is 7. The Morgan fingerprint density at radius 3 is 3.00 bits per heavy atom. The lowest BCUT2D eigenvalue weighted by molar-refractivity contribution is 0.159. The highest BCUT2D eigenvalue weighted by atomic mass is 32.1. The summed E-state index contributed by atoms with van der Waals surface area (Å²) in [4.78, 5) is 24.3. The molecule has 0 spiro atoms. The van der Waals surface area contributed by atoms with Gasteiger partial charge in [0.15, 0.2) is 6.61 Å². The van der Waals surface area contributed by atoms with E-state index >= 15 is 0 Å². The number of amides is 1. The molecule has 0 aliphatic carbocycles. The van der Waals surface area contributed by atoms with Crippen LogP contribution in [0, 0.1) is 11.8 Å². The van der Waals surface area contributed by atoms with E-state index in [2.05, 4.69) is 37.2 Å². The van der Waals surface area contributed by atoms with Crippen LogP contribution in [0.15, 0.2) is 30.6 Å². The van der Waals surface area contributed by atoms with E-state index in [1.807, 2.05) is 24.4 Å². The first-order chi connectivity index (χ1) is 15.2. The molecule has 0 atom stereocenters. The van der Waals surface area contributed by atoms with Crippen LogP contribution in [0.4, 0.5) is 10.6 Å². The molecule has 3 aromatic heterocycles. The zero-order valence-corrected chi connectivity index (χ0v) is 18.2. The van der Waals surface area contributed by atoms with Crippen LogP contribution in [0.2, 0.25) is 0 Å². The quantitative estimate of drug-likeness (QED) is 0.570. The molecule has 4 rings (SSSR count). The highest BCUT2D eigenvalue weighted by Crippen LogP contribution is 2.40. The molecule has 4 heterocycles. The lowest BCUT2D eigenvalue weighted by Gasteiger charge is -2.27. The van der Waals surface area contributed by atoms with Gasteiger partial charge in [-0.05, 0) is 44.4 Å². The SMILES string of the molecule is CC#CCOC(=O)NCc1cc(-c2sc(-c3cccnc3)nc2N2CCCCC2)n[nH]1. The Morgan fingerprint density at radius 1 is 1.35 bits per heavy atom. The van der Waals surface area contributed by atoms with E-state index in [0.717, 1.165) is 45.7 Å². The maximum Gasteiger partial charge on any atom is 0.408 e. The fourth-order valence-corrected chi connectivity index (χ4v) is 4.41. The Kier molecular flexibility index (Phi) is 6.79. The van der Waals surface area contributed by atoms with Gasteiger partial charge in [0.2, 0.25) is 0 Å². The molecule has 0 bridgehead atoms. The largest absolute Gasteiger partial charge is 0.436 e. The number of hydrogen-bond donors (Lipinski definition) is 2. The van der Waals surface area contributed by atoms with Gasteiger partial charge in [0.05, 0.1) is 17.1 Å². The standard InChI is InChI=1S/C22H24N6O2S/c1-2-3-12-30-22(29)24-15-17-13-18(27-26-17)19-20(28-10-5-4-6-11-28)25-21(31-19)16-8-7-9-23-14-16/h7-9,13-14H,4-6,10-12,15H2,1H3,(H,24,29)(H,26,27). The Hall–Kier alpha value is -3.38. The molecule has 1 aliphatic heterocycles. The van der Waals surface area contributed by atoms with Gasteiger partial charge in [0.1, 0.15) is 16.5 Å². The van der Waals surface area contributed by atoms with Crippen molar-refractivity contribution in [2.45, 2.75) is 32.7 Å². The Balaban J connectivity index is 1.54. The molecular formula is C22H24N6O2S. The zero-order valence-electron chi connectivity index (χ0n) is 17.4. The number of aromatic nitrogens is 4. The normalized spacial score (nSPS) is 13.4. The molecule has 0 aromatic carbocycles. The molecule has 160 valence electrons. The number of ether oxygens (including phenoxy) is 1. The number of piperidine rings is 1. The molecule has 1 amide bonds. The minimum Gasteiger partial charge on any atom is -0.436 e. The number of nitrogens with zero attached hydrogens (tertiary/aromatic N) is 4. The van der Waals surface area contributed by atoms with E-state index in [4.69, 9.17) is 9.72 Å². The third kappa shape index (κ3) is 5.22. The second-order valence-corrected chi connectivity index (χ2v) is 8.10. The van der Waals surface area contributed by atoms with Crippen LogP contribution in [0.5, 0.6) is 0 Å². The predicted octanol–water partition coefficient (Wildman–Crippen LogP) is 3.84. The summed E-state index contributed by atoms with van der Waals surface area (Å²) < 4.78 is 4.97. The Morgan fingerprint density at radius 2 is 2.23 bits per heavy atom. The van der Waals surface area contributed by atoms with Gasteiger partial charge in [-0.15, -0.1) is 17.3 Å². The van der Waals surface area contributed by atoms with Gasteiger partial charge in [-0.3, -0.25) is 10.1 Å². The minimum absolute atomic E-state index is 0.0771. The van der Waals surface area contributed by atoms with Crippen LogP contribution in [-0.2, 0) is 11.3 Å². The monoisotopic (exact) mass is 436 g/mol. The van der Waals surface area contributed by atoms with E-state index < -0.39 is 6.09 Å². The lowest BCUT2D eigenvalue weighted by atomic mass is 10.1. The van der Waals surface area contributed by atoms with Crippen molar-refractivity contribution in [1.82, 2.24) is 25.5 Å². The number of aromatic amines is 1. The summed E-state index contributed by atoms with van der Waals surface area (Å²) in [6.07, 6.45) is 6.67. The second-order valence-electron chi connectivity index (χ2n) is 7.10. The molecule has 9 heteroatoms. The first-order valence-corrected chi connectivity index (χ1v) is 11.1. The highest BCUT2D eigenvalue weighted by molar-refractivity contribution is 7.19. The number of anilines is 1.